The second kappa shape index (κ2) is 9.05. The van der Waals surface area contributed by atoms with Crippen molar-refractivity contribution in [1.29, 1.82) is 0 Å². The molecule has 1 saturated heterocycles. The summed E-state index contributed by atoms with van der Waals surface area (Å²) < 4.78 is 43.4. The first kappa shape index (κ1) is 21.0. The Bertz CT molecular complexity index is 763. The van der Waals surface area contributed by atoms with E-state index in [0.717, 1.165) is 25.9 Å². The second-order valence-electron chi connectivity index (χ2n) is 5.92. The van der Waals surface area contributed by atoms with Crippen LogP contribution in [0.4, 0.5) is 18.9 Å². The van der Waals surface area contributed by atoms with Gasteiger partial charge in [0, 0.05) is 0 Å². The van der Waals surface area contributed by atoms with Crippen molar-refractivity contribution in [2.75, 3.05) is 25.0 Å². The zero-order valence-corrected chi connectivity index (χ0v) is 15.0. The van der Waals surface area contributed by atoms with Gasteiger partial charge in [0.1, 0.15) is 5.75 Å². The van der Waals surface area contributed by atoms with Gasteiger partial charge in [0.2, 0.25) is 0 Å². The molecule has 0 atom stereocenters. The zero-order chi connectivity index (χ0) is 18.6. The van der Waals surface area contributed by atoms with Crippen LogP contribution in [0.3, 0.4) is 0 Å². The van der Waals surface area contributed by atoms with Gasteiger partial charge in [0.05, 0.1) is 17.9 Å². The number of para-hydroxylation sites is 2. The summed E-state index contributed by atoms with van der Waals surface area (Å²) in [6.07, 6.45) is -1.14. The molecule has 2 N–H and O–H groups in total. The summed E-state index contributed by atoms with van der Waals surface area (Å²) in [7, 11) is 0. The molecule has 0 unspecified atom stereocenters. The Morgan fingerprint density at radius 2 is 2.00 bits per heavy atom. The minimum Gasteiger partial charge on any atom is -0.482 e. The Morgan fingerprint density at radius 3 is 2.70 bits per heavy atom. The summed E-state index contributed by atoms with van der Waals surface area (Å²) in [6, 6.07) is 6.10. The Hall–Kier alpha value is -2.33. The third-order valence-electron chi connectivity index (χ3n) is 3.95. The van der Waals surface area contributed by atoms with Crippen LogP contribution in [0.1, 0.15) is 29.4 Å². The maximum absolute atomic E-state index is 12.3. The molecule has 0 saturated carbocycles. The van der Waals surface area contributed by atoms with Crippen molar-refractivity contribution in [2.24, 2.45) is 0 Å². The van der Waals surface area contributed by atoms with E-state index in [2.05, 4.69) is 20.9 Å². The van der Waals surface area contributed by atoms with E-state index in [1.54, 1.807) is 16.9 Å². The maximum Gasteiger partial charge on any atom is 0.422 e. The van der Waals surface area contributed by atoms with Crippen LogP contribution >= 0.6 is 12.4 Å². The molecular weight excluding hydrogens is 387 g/mol. The van der Waals surface area contributed by atoms with Crippen LogP contribution in [-0.2, 0) is 0 Å². The van der Waals surface area contributed by atoms with E-state index in [1.807, 2.05) is 0 Å². The molecule has 27 heavy (non-hydrogen) atoms. The highest BCUT2D eigenvalue weighted by Crippen LogP contribution is 2.26. The van der Waals surface area contributed by atoms with Gasteiger partial charge in [-0.15, -0.1) is 17.5 Å². The van der Waals surface area contributed by atoms with Crippen molar-refractivity contribution in [2.45, 2.75) is 25.1 Å². The molecule has 3 rings (SSSR count). The number of benzene rings is 1. The molecule has 11 heteroatoms. The fourth-order valence-electron chi connectivity index (χ4n) is 2.67. The lowest BCUT2D eigenvalue weighted by molar-refractivity contribution is -0.153. The highest BCUT2D eigenvalue weighted by atomic mass is 35.5. The van der Waals surface area contributed by atoms with Gasteiger partial charge >= 0.3 is 6.18 Å². The molecule has 1 aliphatic rings. The number of ether oxygens (including phenoxy) is 1. The van der Waals surface area contributed by atoms with E-state index in [1.165, 1.54) is 18.2 Å². The number of anilines is 1. The Labute approximate surface area is 159 Å². The lowest BCUT2D eigenvalue weighted by Crippen LogP contribution is -2.29. The average molecular weight is 406 g/mol. The predicted molar refractivity (Wildman–Crippen MR) is 94.4 cm³/mol. The van der Waals surface area contributed by atoms with Crippen LogP contribution in [0.15, 0.2) is 30.5 Å². The molecule has 1 aliphatic heterocycles. The predicted octanol–water partition coefficient (Wildman–Crippen LogP) is 2.82. The number of amides is 1. The first-order chi connectivity index (χ1) is 12.4. The van der Waals surface area contributed by atoms with Crippen molar-refractivity contribution in [3.05, 3.63) is 36.2 Å². The molecule has 2 aromatic rings. The molecule has 0 spiro atoms. The Balaban J connectivity index is 0.00000261. The van der Waals surface area contributed by atoms with Crippen molar-refractivity contribution >= 4 is 24.0 Å². The van der Waals surface area contributed by atoms with Crippen molar-refractivity contribution < 1.29 is 22.7 Å². The van der Waals surface area contributed by atoms with Crippen LogP contribution in [0.5, 0.6) is 5.75 Å². The smallest absolute Gasteiger partial charge is 0.422 e. The number of carbonyl (C=O) groups excluding carboxylic acids is 1. The van der Waals surface area contributed by atoms with Crippen molar-refractivity contribution in [3.63, 3.8) is 0 Å². The van der Waals surface area contributed by atoms with Crippen LogP contribution in [-0.4, -0.2) is 46.8 Å². The van der Waals surface area contributed by atoms with E-state index < -0.39 is 18.7 Å². The average Bonchev–Trinajstić information content (AvgIpc) is 3.11. The largest absolute Gasteiger partial charge is 0.482 e. The molecule has 0 aliphatic carbocycles. The quantitative estimate of drug-likeness (QED) is 0.799. The molecule has 148 valence electrons. The second-order valence-corrected chi connectivity index (χ2v) is 5.92. The SMILES string of the molecule is Cl.O=C(Nc1ccccc1OCC(F)(F)F)c1cn(C2CCNCC2)nn1. The highest BCUT2D eigenvalue weighted by molar-refractivity contribution is 6.03. The molecule has 1 aromatic heterocycles. The summed E-state index contributed by atoms with van der Waals surface area (Å²) in [5.74, 6) is -0.628. The Kier molecular flexibility index (Phi) is 7.03. The van der Waals surface area contributed by atoms with Gasteiger partial charge in [0.15, 0.2) is 12.3 Å². The molecule has 7 nitrogen and oxygen atoms in total. The van der Waals surface area contributed by atoms with Crippen molar-refractivity contribution in [1.82, 2.24) is 20.3 Å². The van der Waals surface area contributed by atoms with Gasteiger partial charge in [-0.1, -0.05) is 17.3 Å². The number of rotatable bonds is 5. The third-order valence-corrected chi connectivity index (χ3v) is 3.95. The number of carbonyl (C=O) groups is 1. The lowest BCUT2D eigenvalue weighted by Gasteiger charge is -2.22. The van der Waals surface area contributed by atoms with E-state index in [9.17, 15) is 18.0 Å². The maximum atomic E-state index is 12.3. The van der Waals surface area contributed by atoms with Crippen LogP contribution < -0.4 is 15.4 Å². The molecule has 1 fully saturated rings. The number of hydrogen-bond acceptors (Lipinski definition) is 5. The van der Waals surface area contributed by atoms with Crippen LogP contribution in [0.2, 0.25) is 0 Å². The molecule has 2 heterocycles. The van der Waals surface area contributed by atoms with E-state index >= 15 is 0 Å². The van der Waals surface area contributed by atoms with Crippen LogP contribution in [0.25, 0.3) is 0 Å². The van der Waals surface area contributed by atoms with Gasteiger partial charge in [-0.05, 0) is 38.1 Å². The Morgan fingerprint density at radius 1 is 1.30 bits per heavy atom. The first-order valence-corrected chi connectivity index (χ1v) is 8.15. The fraction of sp³-hybridized carbons (Fsp3) is 0.438. The van der Waals surface area contributed by atoms with E-state index in [4.69, 9.17) is 4.74 Å². The number of nitrogens with zero attached hydrogens (tertiary/aromatic N) is 3. The number of alkyl halides is 3. The van der Waals surface area contributed by atoms with Gasteiger partial charge in [0.25, 0.3) is 5.91 Å². The summed E-state index contributed by atoms with van der Waals surface area (Å²) in [6.45, 7) is 0.303. The zero-order valence-electron chi connectivity index (χ0n) is 14.2. The number of nitrogens with one attached hydrogen (secondary N) is 2. The monoisotopic (exact) mass is 405 g/mol. The van der Waals surface area contributed by atoms with Gasteiger partial charge in [-0.2, -0.15) is 13.2 Å². The topological polar surface area (TPSA) is 81.1 Å². The number of aromatic nitrogens is 3. The number of halogens is 4. The van der Waals surface area contributed by atoms with Crippen LogP contribution in [0, 0.1) is 0 Å². The first-order valence-electron chi connectivity index (χ1n) is 8.15. The minimum absolute atomic E-state index is 0. The lowest BCUT2D eigenvalue weighted by atomic mass is 10.1. The number of piperidine rings is 1. The third kappa shape index (κ3) is 5.83. The molecule has 1 aromatic carbocycles. The minimum atomic E-state index is -4.46. The molecule has 0 bridgehead atoms. The molecular formula is C16H19ClF3N5O2. The van der Waals surface area contributed by atoms with Crippen molar-refractivity contribution in [3.8, 4) is 5.75 Å². The fourth-order valence-corrected chi connectivity index (χ4v) is 2.67. The van der Waals surface area contributed by atoms with Gasteiger partial charge in [-0.25, -0.2) is 4.68 Å². The molecule has 1 amide bonds. The van der Waals surface area contributed by atoms with Gasteiger partial charge in [-0.3, -0.25) is 4.79 Å². The molecule has 0 radical (unpaired) electrons. The normalized spacial score (nSPS) is 15.1. The van der Waals surface area contributed by atoms with E-state index in [0.29, 0.717) is 0 Å². The standard InChI is InChI=1S/C16H18F3N5O2.ClH/c17-16(18,19)10-26-14-4-2-1-3-12(14)21-15(25)13-9-24(23-22-13)11-5-7-20-8-6-11;/h1-4,9,11,20H,5-8,10H2,(H,21,25);1H. The summed E-state index contributed by atoms with van der Waals surface area (Å²) >= 11 is 0. The summed E-state index contributed by atoms with van der Waals surface area (Å²) in [5, 5.41) is 13.6. The van der Waals surface area contributed by atoms with Gasteiger partial charge < -0.3 is 15.4 Å². The number of hydrogen-bond donors (Lipinski definition) is 2. The summed E-state index contributed by atoms with van der Waals surface area (Å²) in [5.41, 5.74) is 0.229. The van der Waals surface area contributed by atoms with E-state index in [-0.39, 0.29) is 35.6 Å². The highest BCUT2D eigenvalue weighted by Gasteiger charge is 2.29. The summed E-state index contributed by atoms with van der Waals surface area (Å²) in [4.78, 5) is 12.3.